The van der Waals surface area contributed by atoms with Crippen molar-refractivity contribution in [1.82, 2.24) is 0 Å². The Morgan fingerprint density at radius 2 is 2.36 bits per heavy atom. The molecule has 1 aliphatic carbocycles. The summed E-state index contributed by atoms with van der Waals surface area (Å²) in [5.41, 5.74) is 0.889. The van der Waals surface area contributed by atoms with Gasteiger partial charge in [-0.1, -0.05) is 12.1 Å². The number of hydrogen-bond donors (Lipinski definition) is 0. The molecule has 0 amide bonds. The van der Waals surface area contributed by atoms with Gasteiger partial charge in [-0.05, 0) is 30.0 Å². The molecule has 2 rings (SSSR count). The monoisotopic (exact) mass is 194 g/mol. The summed E-state index contributed by atoms with van der Waals surface area (Å²) in [7, 11) is 1.38. The molecule has 74 valence electrons. The zero-order valence-corrected chi connectivity index (χ0v) is 7.87. The summed E-state index contributed by atoms with van der Waals surface area (Å²) < 4.78 is 17.5. The summed E-state index contributed by atoms with van der Waals surface area (Å²) in [6.07, 6.45) is 0.774. The first kappa shape index (κ1) is 9.19. The third-order valence-corrected chi connectivity index (χ3v) is 2.57. The number of ether oxygens (including phenoxy) is 1. The number of methoxy groups -OCH3 is 1. The highest BCUT2D eigenvalue weighted by Crippen LogP contribution is 2.48. The van der Waals surface area contributed by atoms with Crippen molar-refractivity contribution in [2.24, 2.45) is 5.92 Å². The van der Waals surface area contributed by atoms with Gasteiger partial charge in [-0.3, -0.25) is 4.79 Å². The van der Waals surface area contributed by atoms with Gasteiger partial charge in [0, 0.05) is 0 Å². The Hall–Kier alpha value is -1.38. The van der Waals surface area contributed by atoms with E-state index in [1.807, 2.05) is 6.07 Å². The van der Waals surface area contributed by atoms with E-state index >= 15 is 0 Å². The van der Waals surface area contributed by atoms with Gasteiger partial charge in [-0.25, -0.2) is 4.39 Å². The summed E-state index contributed by atoms with van der Waals surface area (Å²) in [4.78, 5) is 11.1. The molecule has 0 aromatic heterocycles. The molecule has 0 aliphatic heterocycles. The van der Waals surface area contributed by atoms with Gasteiger partial charge in [0.05, 0.1) is 13.0 Å². The highest BCUT2D eigenvalue weighted by Gasteiger charge is 2.44. The zero-order valence-electron chi connectivity index (χ0n) is 7.87. The summed E-state index contributed by atoms with van der Waals surface area (Å²) >= 11 is 0. The van der Waals surface area contributed by atoms with Gasteiger partial charge in [0.1, 0.15) is 5.82 Å². The average Bonchev–Trinajstić information content (AvgIpc) is 2.96. The predicted molar refractivity (Wildman–Crippen MR) is 49.3 cm³/mol. The number of halogens is 1. The predicted octanol–water partition coefficient (Wildman–Crippen LogP) is 2.10. The van der Waals surface area contributed by atoms with E-state index in [0.717, 1.165) is 12.0 Å². The van der Waals surface area contributed by atoms with Crippen molar-refractivity contribution in [3.05, 3.63) is 35.6 Å². The summed E-state index contributed by atoms with van der Waals surface area (Å²) in [6, 6.07) is 6.39. The Balaban J connectivity index is 2.09. The maximum Gasteiger partial charge on any atom is 0.309 e. The molecule has 0 radical (unpaired) electrons. The van der Waals surface area contributed by atoms with Gasteiger partial charge in [-0.15, -0.1) is 0 Å². The van der Waals surface area contributed by atoms with Crippen molar-refractivity contribution < 1.29 is 13.9 Å². The number of esters is 1. The maximum absolute atomic E-state index is 12.8. The molecule has 14 heavy (non-hydrogen) atoms. The maximum atomic E-state index is 12.8. The molecule has 1 fully saturated rings. The number of carbonyl (C=O) groups is 1. The second kappa shape index (κ2) is 3.40. The smallest absolute Gasteiger partial charge is 0.309 e. The van der Waals surface area contributed by atoms with E-state index in [1.165, 1.54) is 19.2 Å². The third-order valence-electron chi connectivity index (χ3n) is 2.57. The van der Waals surface area contributed by atoms with E-state index in [2.05, 4.69) is 4.74 Å². The van der Waals surface area contributed by atoms with Crippen LogP contribution in [0.3, 0.4) is 0 Å². The van der Waals surface area contributed by atoms with Crippen LogP contribution >= 0.6 is 0 Å². The molecule has 0 saturated heterocycles. The molecule has 1 aliphatic rings. The van der Waals surface area contributed by atoms with E-state index in [9.17, 15) is 9.18 Å². The van der Waals surface area contributed by atoms with E-state index in [0.29, 0.717) is 0 Å². The molecule has 0 heterocycles. The van der Waals surface area contributed by atoms with Crippen LogP contribution in [0.5, 0.6) is 0 Å². The van der Waals surface area contributed by atoms with Crippen molar-refractivity contribution in [3.63, 3.8) is 0 Å². The second-order valence-electron chi connectivity index (χ2n) is 3.53. The van der Waals surface area contributed by atoms with Crippen LogP contribution in [0, 0.1) is 11.7 Å². The number of rotatable bonds is 2. The first-order valence-electron chi connectivity index (χ1n) is 4.55. The molecule has 1 aromatic carbocycles. The average molecular weight is 194 g/mol. The van der Waals surface area contributed by atoms with Gasteiger partial charge in [-0.2, -0.15) is 0 Å². The van der Waals surface area contributed by atoms with Crippen molar-refractivity contribution in [1.29, 1.82) is 0 Å². The minimum Gasteiger partial charge on any atom is -0.469 e. The minimum absolute atomic E-state index is 0.0678. The first-order valence-corrected chi connectivity index (χ1v) is 4.55. The second-order valence-corrected chi connectivity index (χ2v) is 3.53. The van der Waals surface area contributed by atoms with Crippen molar-refractivity contribution in [2.45, 2.75) is 12.3 Å². The zero-order chi connectivity index (χ0) is 10.1. The molecule has 0 bridgehead atoms. The van der Waals surface area contributed by atoms with E-state index in [-0.39, 0.29) is 23.6 Å². The number of benzene rings is 1. The highest BCUT2D eigenvalue weighted by atomic mass is 19.1. The lowest BCUT2D eigenvalue weighted by Crippen LogP contribution is -2.03. The number of carbonyl (C=O) groups excluding carboxylic acids is 1. The lowest BCUT2D eigenvalue weighted by Gasteiger charge is -1.99. The molecule has 2 nitrogen and oxygen atoms in total. The Kier molecular flexibility index (Phi) is 2.23. The van der Waals surface area contributed by atoms with Crippen LogP contribution in [0.15, 0.2) is 24.3 Å². The normalized spacial score (nSPS) is 24.4. The van der Waals surface area contributed by atoms with Gasteiger partial charge in [0.25, 0.3) is 0 Å². The molecule has 0 N–H and O–H groups in total. The van der Waals surface area contributed by atoms with E-state index in [4.69, 9.17) is 0 Å². The summed E-state index contributed by atoms with van der Waals surface area (Å²) in [5.74, 6) is -0.364. The van der Waals surface area contributed by atoms with Crippen LogP contribution in [-0.2, 0) is 9.53 Å². The fourth-order valence-corrected chi connectivity index (χ4v) is 1.71. The molecule has 1 saturated carbocycles. The van der Waals surface area contributed by atoms with Crippen molar-refractivity contribution in [3.8, 4) is 0 Å². The highest BCUT2D eigenvalue weighted by molar-refractivity contribution is 5.77. The number of hydrogen-bond acceptors (Lipinski definition) is 2. The fourth-order valence-electron chi connectivity index (χ4n) is 1.71. The van der Waals surface area contributed by atoms with Crippen molar-refractivity contribution in [2.75, 3.05) is 7.11 Å². The first-order chi connectivity index (χ1) is 6.72. The van der Waals surface area contributed by atoms with Crippen LogP contribution < -0.4 is 0 Å². The molecular formula is C11H11FO2. The Bertz CT molecular complexity index is 362. The molecule has 0 spiro atoms. The van der Waals surface area contributed by atoms with Gasteiger partial charge < -0.3 is 4.74 Å². The minimum atomic E-state index is -0.252. The molecule has 0 unspecified atom stereocenters. The molecule has 1 aromatic rings. The molecule has 3 heteroatoms. The Morgan fingerprint density at radius 1 is 1.57 bits per heavy atom. The van der Waals surface area contributed by atoms with E-state index in [1.54, 1.807) is 6.07 Å². The van der Waals surface area contributed by atoms with E-state index < -0.39 is 0 Å². The van der Waals surface area contributed by atoms with Gasteiger partial charge >= 0.3 is 5.97 Å². The Labute approximate surface area is 81.7 Å². The van der Waals surface area contributed by atoms with Gasteiger partial charge in [0.2, 0.25) is 0 Å². The topological polar surface area (TPSA) is 26.3 Å². The Morgan fingerprint density at radius 3 is 3.00 bits per heavy atom. The third kappa shape index (κ3) is 1.62. The molecule has 2 atom stereocenters. The standard InChI is InChI=1S/C11H11FO2/c1-14-11(13)10-6-9(10)7-3-2-4-8(12)5-7/h2-5,9-10H,6H2,1H3/t9-,10+/m0/s1. The van der Waals surface area contributed by atoms with Crippen molar-refractivity contribution >= 4 is 5.97 Å². The fraction of sp³-hybridized carbons (Fsp3) is 0.364. The lowest BCUT2D eigenvalue weighted by molar-refractivity contribution is -0.142. The largest absolute Gasteiger partial charge is 0.469 e. The van der Waals surface area contributed by atoms with Gasteiger partial charge in [0.15, 0.2) is 0 Å². The lowest BCUT2D eigenvalue weighted by atomic mass is 10.1. The van der Waals surface area contributed by atoms with Crippen LogP contribution in [0.25, 0.3) is 0 Å². The summed E-state index contributed by atoms with van der Waals surface area (Å²) in [6.45, 7) is 0. The van der Waals surface area contributed by atoms with Crippen LogP contribution in [0.1, 0.15) is 17.9 Å². The molecular weight excluding hydrogens is 183 g/mol. The summed E-state index contributed by atoms with van der Waals surface area (Å²) in [5, 5.41) is 0. The van der Waals surface area contributed by atoms with Crippen LogP contribution in [0.2, 0.25) is 0 Å². The van der Waals surface area contributed by atoms with Crippen LogP contribution in [0.4, 0.5) is 4.39 Å². The quantitative estimate of drug-likeness (QED) is 0.674. The van der Waals surface area contributed by atoms with Crippen LogP contribution in [-0.4, -0.2) is 13.1 Å². The SMILES string of the molecule is COC(=O)[C@@H]1C[C@H]1c1cccc(F)c1.